The first-order valence-corrected chi connectivity index (χ1v) is 5.55. The van der Waals surface area contributed by atoms with Crippen LogP contribution < -0.4 is 10.6 Å². The van der Waals surface area contributed by atoms with E-state index in [1.54, 1.807) is 0 Å². The number of nitrogens with one attached hydrogen (secondary N) is 2. The van der Waals surface area contributed by atoms with Gasteiger partial charge in [0.15, 0.2) is 5.11 Å². The Kier molecular flexibility index (Phi) is 3.90. The zero-order valence-electron chi connectivity index (χ0n) is 9.42. The van der Waals surface area contributed by atoms with E-state index in [0.717, 1.165) is 12.5 Å². The van der Waals surface area contributed by atoms with Crippen molar-refractivity contribution in [3.8, 4) is 0 Å². The molecule has 0 saturated heterocycles. The van der Waals surface area contributed by atoms with Gasteiger partial charge in [-0.2, -0.15) is 0 Å². The molecule has 86 valence electrons. The first-order valence-electron chi connectivity index (χ1n) is 5.14. The van der Waals surface area contributed by atoms with Crippen molar-refractivity contribution >= 4 is 23.4 Å². The van der Waals surface area contributed by atoms with Gasteiger partial charge in [-0.1, -0.05) is 0 Å². The minimum absolute atomic E-state index is 0.344. The molecular formula is C10H18N2O2S. The van der Waals surface area contributed by atoms with Gasteiger partial charge in [0, 0.05) is 6.54 Å². The zero-order chi connectivity index (χ0) is 11.5. The second-order valence-corrected chi connectivity index (χ2v) is 5.19. The molecule has 15 heavy (non-hydrogen) atoms. The average Bonchev–Trinajstić information content (AvgIpc) is 2.79. The first kappa shape index (κ1) is 12.2. The molecule has 0 heterocycles. The Labute approximate surface area is 95.8 Å². The number of ether oxygens (including phenoxy) is 1. The molecule has 1 rings (SSSR count). The minimum atomic E-state index is -0.504. The Balaban J connectivity index is 2.15. The van der Waals surface area contributed by atoms with Crippen LogP contribution in [0.25, 0.3) is 0 Å². The molecule has 0 radical (unpaired) electrons. The summed E-state index contributed by atoms with van der Waals surface area (Å²) in [4.78, 5) is 11.3. The van der Waals surface area contributed by atoms with Gasteiger partial charge in [-0.05, 0) is 51.7 Å². The van der Waals surface area contributed by atoms with Crippen molar-refractivity contribution in [3.05, 3.63) is 0 Å². The summed E-state index contributed by atoms with van der Waals surface area (Å²) in [5.74, 6) is 0.725. The molecule has 0 spiro atoms. The van der Waals surface area contributed by atoms with E-state index in [0.29, 0.717) is 5.11 Å². The summed E-state index contributed by atoms with van der Waals surface area (Å²) >= 11 is 4.94. The molecule has 1 amide bonds. The van der Waals surface area contributed by atoms with Crippen LogP contribution in [0.15, 0.2) is 0 Å². The van der Waals surface area contributed by atoms with Crippen molar-refractivity contribution in [2.75, 3.05) is 6.54 Å². The number of thiocarbonyl (C=S) groups is 1. The topological polar surface area (TPSA) is 50.4 Å². The predicted molar refractivity (Wildman–Crippen MR) is 62.7 cm³/mol. The van der Waals surface area contributed by atoms with Gasteiger partial charge in [0.25, 0.3) is 0 Å². The van der Waals surface area contributed by atoms with Crippen LogP contribution in [0.1, 0.15) is 33.6 Å². The van der Waals surface area contributed by atoms with Gasteiger partial charge in [-0.3, -0.25) is 5.32 Å². The number of carbonyl (C=O) groups is 1. The molecule has 5 heteroatoms. The summed E-state index contributed by atoms with van der Waals surface area (Å²) in [5, 5.41) is 5.80. The number of hydrogen-bond donors (Lipinski definition) is 2. The Morgan fingerprint density at radius 2 is 2.07 bits per heavy atom. The Bertz CT molecular complexity index is 257. The minimum Gasteiger partial charge on any atom is -0.444 e. The Hall–Kier alpha value is -0.840. The maximum Gasteiger partial charge on any atom is 0.413 e. The molecule has 4 nitrogen and oxygen atoms in total. The molecular weight excluding hydrogens is 212 g/mol. The number of carbonyl (C=O) groups excluding carboxylic acids is 1. The molecule has 0 aromatic heterocycles. The van der Waals surface area contributed by atoms with E-state index in [9.17, 15) is 4.79 Å². The largest absolute Gasteiger partial charge is 0.444 e. The Morgan fingerprint density at radius 1 is 1.47 bits per heavy atom. The van der Waals surface area contributed by atoms with Crippen molar-refractivity contribution < 1.29 is 9.53 Å². The summed E-state index contributed by atoms with van der Waals surface area (Å²) < 4.78 is 5.05. The summed E-state index contributed by atoms with van der Waals surface area (Å²) in [7, 11) is 0. The van der Waals surface area contributed by atoms with Gasteiger partial charge < -0.3 is 10.1 Å². The van der Waals surface area contributed by atoms with E-state index in [1.165, 1.54) is 12.8 Å². The SMILES string of the molecule is CC(C)(C)OC(=O)NC(=S)NCC1CC1. The first-order chi connectivity index (χ1) is 6.87. The fraction of sp³-hybridized carbons (Fsp3) is 0.800. The van der Waals surface area contributed by atoms with E-state index < -0.39 is 11.7 Å². The third-order valence-electron chi connectivity index (χ3n) is 1.86. The van der Waals surface area contributed by atoms with E-state index in [1.807, 2.05) is 20.8 Å². The molecule has 0 atom stereocenters. The van der Waals surface area contributed by atoms with Crippen LogP contribution in [0.5, 0.6) is 0 Å². The second kappa shape index (κ2) is 4.79. The molecule has 1 aliphatic rings. The van der Waals surface area contributed by atoms with E-state index >= 15 is 0 Å². The fourth-order valence-corrected chi connectivity index (χ4v) is 1.17. The van der Waals surface area contributed by atoms with Gasteiger partial charge in [0.1, 0.15) is 5.60 Å². The highest BCUT2D eigenvalue weighted by Crippen LogP contribution is 2.27. The summed E-state index contributed by atoms with van der Waals surface area (Å²) in [6.45, 7) is 6.28. The van der Waals surface area contributed by atoms with Crippen LogP contribution in [0, 0.1) is 5.92 Å². The smallest absolute Gasteiger partial charge is 0.413 e. The van der Waals surface area contributed by atoms with E-state index in [-0.39, 0.29) is 0 Å². The average molecular weight is 230 g/mol. The number of amides is 1. The maximum atomic E-state index is 11.3. The van der Waals surface area contributed by atoms with E-state index in [4.69, 9.17) is 17.0 Å². The lowest BCUT2D eigenvalue weighted by molar-refractivity contribution is 0.0562. The Morgan fingerprint density at radius 3 is 2.53 bits per heavy atom. The molecule has 0 aromatic rings. The van der Waals surface area contributed by atoms with Crippen LogP contribution in [0.3, 0.4) is 0 Å². The maximum absolute atomic E-state index is 11.3. The van der Waals surface area contributed by atoms with Crippen LogP contribution in [0.4, 0.5) is 4.79 Å². The quantitative estimate of drug-likeness (QED) is 0.710. The van der Waals surface area contributed by atoms with Crippen molar-refractivity contribution in [1.29, 1.82) is 0 Å². The zero-order valence-corrected chi connectivity index (χ0v) is 10.2. The summed E-state index contributed by atoms with van der Waals surface area (Å²) in [6.07, 6.45) is 2.00. The van der Waals surface area contributed by atoms with Crippen molar-refractivity contribution in [1.82, 2.24) is 10.6 Å². The highest BCUT2D eigenvalue weighted by Gasteiger charge is 2.22. The van der Waals surface area contributed by atoms with Crippen molar-refractivity contribution in [3.63, 3.8) is 0 Å². The number of alkyl carbamates (subject to hydrolysis) is 1. The van der Waals surface area contributed by atoms with Gasteiger partial charge in [-0.15, -0.1) is 0 Å². The molecule has 1 fully saturated rings. The third-order valence-corrected chi connectivity index (χ3v) is 2.11. The van der Waals surface area contributed by atoms with Gasteiger partial charge >= 0.3 is 6.09 Å². The van der Waals surface area contributed by atoms with Gasteiger partial charge in [0.05, 0.1) is 0 Å². The molecule has 1 saturated carbocycles. The number of rotatable bonds is 2. The highest BCUT2D eigenvalue weighted by molar-refractivity contribution is 7.80. The second-order valence-electron chi connectivity index (χ2n) is 4.78. The van der Waals surface area contributed by atoms with Crippen LogP contribution in [0.2, 0.25) is 0 Å². The lowest BCUT2D eigenvalue weighted by Gasteiger charge is -2.20. The molecule has 0 unspecified atom stereocenters. The summed E-state index contributed by atoms with van der Waals surface area (Å²) in [5.41, 5.74) is -0.490. The normalized spacial score (nSPS) is 15.7. The number of hydrogen-bond acceptors (Lipinski definition) is 3. The van der Waals surface area contributed by atoms with E-state index in [2.05, 4.69) is 10.6 Å². The van der Waals surface area contributed by atoms with Crippen molar-refractivity contribution in [2.45, 2.75) is 39.2 Å². The van der Waals surface area contributed by atoms with Gasteiger partial charge in [0.2, 0.25) is 0 Å². The van der Waals surface area contributed by atoms with Gasteiger partial charge in [-0.25, -0.2) is 4.79 Å². The third kappa shape index (κ3) is 6.28. The van der Waals surface area contributed by atoms with Crippen LogP contribution in [-0.2, 0) is 4.74 Å². The molecule has 1 aliphatic carbocycles. The monoisotopic (exact) mass is 230 g/mol. The van der Waals surface area contributed by atoms with Crippen LogP contribution in [-0.4, -0.2) is 23.4 Å². The standard InChI is InChI=1S/C10H18N2O2S/c1-10(2,3)14-9(13)12-8(15)11-6-7-4-5-7/h7H,4-6H2,1-3H3,(H2,11,12,13,15). The molecule has 0 aliphatic heterocycles. The van der Waals surface area contributed by atoms with Crippen LogP contribution >= 0.6 is 12.2 Å². The molecule has 0 bridgehead atoms. The highest BCUT2D eigenvalue weighted by atomic mass is 32.1. The lowest BCUT2D eigenvalue weighted by Crippen LogP contribution is -2.42. The van der Waals surface area contributed by atoms with Crippen molar-refractivity contribution in [2.24, 2.45) is 5.92 Å². The predicted octanol–water partition coefficient (Wildman–Crippen LogP) is 1.80. The lowest BCUT2D eigenvalue weighted by atomic mass is 10.2. The molecule has 2 N–H and O–H groups in total. The molecule has 0 aromatic carbocycles. The summed E-state index contributed by atoms with van der Waals surface area (Å²) in [6, 6.07) is 0. The fourth-order valence-electron chi connectivity index (χ4n) is 1.000.